The standard InChI is InChI=1S/C16H19BrN2/c1-18-16-8-6-13(7-9-16)11-19(2)12-14-4-3-5-15(17)10-14/h3-10,18H,11-12H2,1-2H3. The van der Waals surface area contributed by atoms with Gasteiger partial charge in [-0.25, -0.2) is 0 Å². The molecular weight excluding hydrogens is 300 g/mol. The molecular formula is C16H19BrN2. The number of anilines is 1. The van der Waals surface area contributed by atoms with Crippen LogP contribution in [0.4, 0.5) is 5.69 Å². The molecule has 2 aromatic rings. The summed E-state index contributed by atoms with van der Waals surface area (Å²) in [6.45, 7) is 1.91. The Labute approximate surface area is 123 Å². The number of halogens is 1. The summed E-state index contributed by atoms with van der Waals surface area (Å²) in [5, 5.41) is 3.13. The molecule has 0 saturated carbocycles. The van der Waals surface area contributed by atoms with Crippen LogP contribution in [-0.2, 0) is 13.1 Å². The minimum atomic E-state index is 0.952. The molecule has 0 unspecified atom stereocenters. The van der Waals surface area contributed by atoms with Gasteiger partial charge in [-0.05, 0) is 42.4 Å². The first kappa shape index (κ1) is 14.1. The molecule has 1 N–H and O–H groups in total. The van der Waals surface area contributed by atoms with Gasteiger partial charge in [0, 0.05) is 30.3 Å². The third kappa shape index (κ3) is 4.37. The Hall–Kier alpha value is -1.32. The second-order valence-electron chi connectivity index (χ2n) is 4.75. The second-order valence-corrected chi connectivity index (χ2v) is 5.66. The van der Waals surface area contributed by atoms with Gasteiger partial charge in [0.15, 0.2) is 0 Å². The average Bonchev–Trinajstić information content (AvgIpc) is 2.39. The highest BCUT2D eigenvalue weighted by Gasteiger charge is 2.02. The van der Waals surface area contributed by atoms with Gasteiger partial charge in [-0.3, -0.25) is 4.90 Å². The summed E-state index contributed by atoms with van der Waals surface area (Å²) in [6, 6.07) is 17.0. The van der Waals surface area contributed by atoms with E-state index >= 15 is 0 Å². The SMILES string of the molecule is CNc1ccc(CN(C)Cc2cccc(Br)c2)cc1. The molecule has 0 saturated heterocycles. The molecule has 0 aliphatic heterocycles. The van der Waals surface area contributed by atoms with Crippen molar-refractivity contribution < 1.29 is 0 Å². The maximum absolute atomic E-state index is 3.51. The minimum absolute atomic E-state index is 0.952. The Balaban J connectivity index is 1.95. The zero-order valence-corrected chi connectivity index (χ0v) is 12.9. The first-order valence-electron chi connectivity index (χ1n) is 6.37. The monoisotopic (exact) mass is 318 g/mol. The van der Waals surface area contributed by atoms with Crippen LogP contribution in [0.5, 0.6) is 0 Å². The summed E-state index contributed by atoms with van der Waals surface area (Å²) in [5.41, 5.74) is 3.80. The fourth-order valence-corrected chi connectivity index (χ4v) is 2.54. The van der Waals surface area contributed by atoms with Crippen molar-refractivity contribution in [2.45, 2.75) is 13.1 Å². The average molecular weight is 319 g/mol. The van der Waals surface area contributed by atoms with E-state index in [1.807, 2.05) is 7.05 Å². The van der Waals surface area contributed by atoms with Gasteiger partial charge >= 0.3 is 0 Å². The predicted octanol–water partition coefficient (Wildman–Crippen LogP) is 4.12. The lowest BCUT2D eigenvalue weighted by Gasteiger charge is -2.17. The summed E-state index contributed by atoms with van der Waals surface area (Å²) >= 11 is 3.51. The molecule has 2 aromatic carbocycles. The molecule has 0 aliphatic carbocycles. The zero-order valence-electron chi connectivity index (χ0n) is 11.4. The number of nitrogens with one attached hydrogen (secondary N) is 1. The van der Waals surface area contributed by atoms with Crippen LogP contribution in [0.15, 0.2) is 53.0 Å². The Bertz CT molecular complexity index is 523. The molecule has 2 nitrogen and oxygen atoms in total. The minimum Gasteiger partial charge on any atom is -0.388 e. The molecule has 100 valence electrons. The van der Waals surface area contributed by atoms with Crippen molar-refractivity contribution in [2.24, 2.45) is 0 Å². The molecule has 0 bridgehead atoms. The summed E-state index contributed by atoms with van der Waals surface area (Å²) < 4.78 is 1.14. The van der Waals surface area contributed by atoms with E-state index in [1.54, 1.807) is 0 Å². The molecule has 19 heavy (non-hydrogen) atoms. The van der Waals surface area contributed by atoms with Crippen LogP contribution in [0.25, 0.3) is 0 Å². The van der Waals surface area contributed by atoms with Gasteiger partial charge in [0.1, 0.15) is 0 Å². The fourth-order valence-electron chi connectivity index (χ4n) is 2.09. The lowest BCUT2D eigenvalue weighted by atomic mass is 10.1. The molecule has 0 radical (unpaired) electrons. The van der Waals surface area contributed by atoms with Crippen molar-refractivity contribution in [1.82, 2.24) is 4.90 Å². The van der Waals surface area contributed by atoms with E-state index in [0.717, 1.165) is 23.2 Å². The summed E-state index contributed by atoms with van der Waals surface area (Å²) in [4.78, 5) is 2.32. The van der Waals surface area contributed by atoms with Gasteiger partial charge in [-0.2, -0.15) is 0 Å². The zero-order chi connectivity index (χ0) is 13.7. The molecule has 0 atom stereocenters. The molecule has 0 aromatic heterocycles. The normalized spacial score (nSPS) is 10.7. The smallest absolute Gasteiger partial charge is 0.0337 e. The molecule has 3 heteroatoms. The number of hydrogen-bond acceptors (Lipinski definition) is 2. The molecule has 0 fully saturated rings. The van der Waals surface area contributed by atoms with Gasteiger partial charge in [0.25, 0.3) is 0 Å². The topological polar surface area (TPSA) is 15.3 Å². The predicted molar refractivity (Wildman–Crippen MR) is 85.3 cm³/mol. The van der Waals surface area contributed by atoms with E-state index < -0.39 is 0 Å². The summed E-state index contributed by atoms with van der Waals surface area (Å²) in [6.07, 6.45) is 0. The highest BCUT2D eigenvalue weighted by Crippen LogP contribution is 2.15. The Morgan fingerprint density at radius 2 is 1.68 bits per heavy atom. The molecule has 0 heterocycles. The number of rotatable bonds is 5. The highest BCUT2D eigenvalue weighted by atomic mass is 79.9. The van der Waals surface area contributed by atoms with Crippen LogP contribution in [0.2, 0.25) is 0 Å². The Morgan fingerprint density at radius 3 is 2.32 bits per heavy atom. The van der Waals surface area contributed by atoms with Gasteiger partial charge in [0.05, 0.1) is 0 Å². The Morgan fingerprint density at radius 1 is 1.00 bits per heavy atom. The largest absolute Gasteiger partial charge is 0.388 e. The van der Waals surface area contributed by atoms with Gasteiger partial charge in [0.2, 0.25) is 0 Å². The molecule has 0 spiro atoms. The Kier molecular flexibility index (Phi) is 5.00. The van der Waals surface area contributed by atoms with Crippen LogP contribution in [-0.4, -0.2) is 19.0 Å². The van der Waals surface area contributed by atoms with Crippen LogP contribution in [0, 0.1) is 0 Å². The van der Waals surface area contributed by atoms with E-state index in [-0.39, 0.29) is 0 Å². The summed E-state index contributed by atoms with van der Waals surface area (Å²) in [7, 11) is 4.08. The third-order valence-electron chi connectivity index (χ3n) is 3.04. The van der Waals surface area contributed by atoms with E-state index in [4.69, 9.17) is 0 Å². The van der Waals surface area contributed by atoms with Gasteiger partial charge in [-0.1, -0.05) is 40.2 Å². The van der Waals surface area contributed by atoms with Crippen LogP contribution >= 0.6 is 15.9 Å². The lowest BCUT2D eigenvalue weighted by molar-refractivity contribution is 0.319. The van der Waals surface area contributed by atoms with Crippen molar-refractivity contribution in [3.8, 4) is 0 Å². The van der Waals surface area contributed by atoms with Crippen LogP contribution in [0.3, 0.4) is 0 Å². The van der Waals surface area contributed by atoms with E-state index in [2.05, 4.69) is 81.7 Å². The van der Waals surface area contributed by atoms with Crippen molar-refractivity contribution in [3.63, 3.8) is 0 Å². The van der Waals surface area contributed by atoms with Crippen molar-refractivity contribution in [3.05, 3.63) is 64.1 Å². The molecule has 0 aliphatic rings. The number of nitrogens with zero attached hydrogens (tertiary/aromatic N) is 1. The van der Waals surface area contributed by atoms with E-state index in [1.165, 1.54) is 11.1 Å². The van der Waals surface area contributed by atoms with Crippen molar-refractivity contribution in [1.29, 1.82) is 0 Å². The molecule has 0 amide bonds. The van der Waals surface area contributed by atoms with Crippen molar-refractivity contribution in [2.75, 3.05) is 19.4 Å². The highest BCUT2D eigenvalue weighted by molar-refractivity contribution is 9.10. The van der Waals surface area contributed by atoms with Gasteiger partial charge in [-0.15, -0.1) is 0 Å². The van der Waals surface area contributed by atoms with Crippen LogP contribution < -0.4 is 5.32 Å². The van der Waals surface area contributed by atoms with E-state index in [9.17, 15) is 0 Å². The van der Waals surface area contributed by atoms with E-state index in [0.29, 0.717) is 0 Å². The summed E-state index contributed by atoms with van der Waals surface area (Å²) in [5.74, 6) is 0. The second kappa shape index (κ2) is 6.73. The maximum atomic E-state index is 3.51. The first-order chi connectivity index (χ1) is 9.17. The maximum Gasteiger partial charge on any atom is 0.0337 e. The number of hydrogen-bond donors (Lipinski definition) is 1. The molecule has 2 rings (SSSR count). The third-order valence-corrected chi connectivity index (χ3v) is 3.53. The fraction of sp³-hybridized carbons (Fsp3) is 0.250. The first-order valence-corrected chi connectivity index (χ1v) is 7.16. The van der Waals surface area contributed by atoms with Crippen LogP contribution in [0.1, 0.15) is 11.1 Å². The lowest BCUT2D eigenvalue weighted by Crippen LogP contribution is -2.17. The number of benzene rings is 2. The van der Waals surface area contributed by atoms with Gasteiger partial charge < -0.3 is 5.32 Å². The van der Waals surface area contributed by atoms with Crippen molar-refractivity contribution >= 4 is 21.6 Å². The quantitative estimate of drug-likeness (QED) is 0.892.